The van der Waals surface area contributed by atoms with Gasteiger partial charge >= 0.3 is 7.60 Å². The summed E-state index contributed by atoms with van der Waals surface area (Å²) in [5.41, 5.74) is 6.86. The van der Waals surface area contributed by atoms with Crippen LogP contribution in [0.2, 0.25) is 5.02 Å². The lowest BCUT2D eigenvalue weighted by molar-refractivity contribution is 0.135. The van der Waals surface area contributed by atoms with Crippen molar-refractivity contribution in [1.82, 2.24) is 0 Å². The maximum absolute atomic E-state index is 13.8. The molecule has 0 saturated carbocycles. The van der Waals surface area contributed by atoms with Gasteiger partial charge in [-0.25, -0.2) is 4.39 Å². The molecule has 0 spiro atoms. The van der Waals surface area contributed by atoms with Crippen LogP contribution < -0.4 is 4.74 Å². The minimum atomic E-state index is -3.56. The normalized spacial score (nSPS) is 19.3. The highest BCUT2D eigenvalue weighted by atomic mass is 35.5. The topological polar surface area (TPSA) is 65.0 Å². The Hall–Kier alpha value is -3.15. The van der Waals surface area contributed by atoms with E-state index in [1.807, 2.05) is 62.4 Å². The molecule has 1 N–H and O–H groups in total. The number of halogens is 2. The summed E-state index contributed by atoms with van der Waals surface area (Å²) in [5, 5.41) is 11.1. The number of rotatable bonds is 8. The fraction of sp³-hybridized carbons (Fsp3) is 0.314. The molecular formula is C35H37ClFO5P. The number of aryl methyl sites for hydroxylation is 2. The van der Waals surface area contributed by atoms with Crippen molar-refractivity contribution in [2.75, 3.05) is 13.0 Å². The fourth-order valence-electron chi connectivity index (χ4n) is 5.48. The van der Waals surface area contributed by atoms with E-state index < -0.39 is 13.7 Å². The molecule has 226 valence electrons. The minimum Gasteiger partial charge on any atom is -0.508 e. The monoisotopic (exact) mass is 622 g/mol. The van der Waals surface area contributed by atoms with Gasteiger partial charge in [0.05, 0.1) is 12.7 Å². The van der Waals surface area contributed by atoms with Crippen molar-refractivity contribution in [3.63, 3.8) is 0 Å². The number of phenols is 1. The molecule has 1 heterocycles. The Morgan fingerprint density at radius 1 is 0.930 bits per heavy atom. The Labute approximate surface area is 258 Å². The van der Waals surface area contributed by atoms with Gasteiger partial charge in [-0.15, -0.1) is 0 Å². The molecule has 0 aliphatic carbocycles. The van der Waals surface area contributed by atoms with E-state index in [0.717, 1.165) is 64.6 Å². The largest absolute Gasteiger partial charge is 0.508 e. The third kappa shape index (κ3) is 8.49. The van der Waals surface area contributed by atoms with Crippen LogP contribution in [0.5, 0.6) is 11.5 Å². The Morgan fingerprint density at radius 2 is 1.67 bits per heavy atom. The predicted octanol–water partition coefficient (Wildman–Crippen LogP) is 9.86. The van der Waals surface area contributed by atoms with Gasteiger partial charge in [0.2, 0.25) is 0 Å². The van der Waals surface area contributed by atoms with E-state index in [1.54, 1.807) is 18.2 Å². The number of hydrogen-bond donors (Lipinski definition) is 1. The van der Waals surface area contributed by atoms with Crippen LogP contribution in [0.1, 0.15) is 70.7 Å². The quantitative estimate of drug-likeness (QED) is 0.198. The highest BCUT2D eigenvalue weighted by Crippen LogP contribution is 2.54. The van der Waals surface area contributed by atoms with Crippen LogP contribution in [0.4, 0.5) is 4.39 Å². The number of benzene rings is 4. The molecular weight excluding hydrogens is 586 g/mol. The third-order valence-corrected chi connectivity index (χ3v) is 9.63. The molecule has 1 fully saturated rings. The number of ether oxygens (including phenoxy) is 1. The van der Waals surface area contributed by atoms with Crippen LogP contribution in [-0.4, -0.2) is 18.1 Å². The molecule has 5 nitrogen and oxygen atoms in total. The Balaban J connectivity index is 1.29. The molecule has 0 radical (unpaired) electrons. The van der Waals surface area contributed by atoms with Crippen molar-refractivity contribution in [3.05, 3.63) is 129 Å². The molecule has 5 rings (SSSR count). The second-order valence-electron chi connectivity index (χ2n) is 11.2. The Bertz CT molecular complexity index is 1580. The fourth-order valence-corrected chi connectivity index (χ4v) is 7.20. The average molecular weight is 623 g/mol. The number of aromatic hydroxyl groups is 1. The van der Waals surface area contributed by atoms with Crippen molar-refractivity contribution in [1.29, 1.82) is 0 Å². The summed E-state index contributed by atoms with van der Waals surface area (Å²) in [4.78, 5) is 0. The van der Waals surface area contributed by atoms with Crippen LogP contribution in [0.15, 0.2) is 78.9 Å². The van der Waals surface area contributed by atoms with Gasteiger partial charge in [-0.3, -0.25) is 9.09 Å². The molecule has 0 bridgehead atoms. The summed E-state index contributed by atoms with van der Waals surface area (Å²) in [7, 11) is -3.56. The summed E-state index contributed by atoms with van der Waals surface area (Å²) < 4.78 is 45.2. The SMILES string of the molecule is Cc1cc(OCP2(=O)OCCCCCC(c3cccc(Cl)c3)O2)cc(C)c1Cc1ccc(O)c(Cc2ccc(F)cc2)c1. The van der Waals surface area contributed by atoms with Crippen molar-refractivity contribution in [2.45, 2.75) is 58.5 Å². The lowest BCUT2D eigenvalue weighted by atomic mass is 9.93. The first-order valence-electron chi connectivity index (χ1n) is 14.6. The van der Waals surface area contributed by atoms with E-state index >= 15 is 0 Å². The molecule has 2 atom stereocenters. The molecule has 4 aromatic rings. The first kappa shape index (κ1) is 31.3. The number of hydrogen-bond acceptors (Lipinski definition) is 5. The van der Waals surface area contributed by atoms with Gasteiger partial charge in [-0.05, 0) is 115 Å². The Kier molecular flexibility index (Phi) is 10.2. The van der Waals surface area contributed by atoms with Crippen LogP contribution in [-0.2, 0) is 26.5 Å². The average Bonchev–Trinajstić information content (AvgIpc) is 3.07. The zero-order chi connectivity index (χ0) is 30.4. The zero-order valence-corrected chi connectivity index (χ0v) is 26.2. The van der Waals surface area contributed by atoms with Crippen LogP contribution in [0.25, 0.3) is 0 Å². The van der Waals surface area contributed by atoms with Crippen molar-refractivity contribution >= 4 is 19.2 Å². The molecule has 2 unspecified atom stereocenters. The maximum atomic E-state index is 13.8. The number of phenolic OH excluding ortho intramolecular Hbond substituents is 1. The van der Waals surface area contributed by atoms with Gasteiger partial charge in [0.1, 0.15) is 17.3 Å². The van der Waals surface area contributed by atoms with Crippen LogP contribution in [0.3, 0.4) is 0 Å². The summed E-state index contributed by atoms with van der Waals surface area (Å²) in [6.45, 7) is 4.41. The van der Waals surface area contributed by atoms with E-state index in [2.05, 4.69) is 0 Å². The molecule has 4 aromatic carbocycles. The van der Waals surface area contributed by atoms with Gasteiger partial charge in [-0.2, -0.15) is 0 Å². The minimum absolute atomic E-state index is 0.187. The molecule has 8 heteroatoms. The standard InChI is InChI=1S/C35H37ClFO5P/c1-24-17-32(40-23-43(39)41-16-5-3-4-9-35(42-43)28-7-6-8-30(36)22-28)18-25(2)33(24)21-27-12-15-34(38)29(20-27)19-26-10-13-31(37)14-11-26/h6-8,10-15,17-18,20,22,35,38H,3-5,9,16,19,21,23H2,1-2H3. The first-order chi connectivity index (χ1) is 20.7. The zero-order valence-electron chi connectivity index (χ0n) is 24.5. The summed E-state index contributed by atoms with van der Waals surface area (Å²) >= 11 is 6.22. The molecule has 0 amide bonds. The maximum Gasteiger partial charge on any atom is 0.368 e. The third-order valence-electron chi connectivity index (χ3n) is 7.80. The molecule has 0 aromatic heterocycles. The molecule has 43 heavy (non-hydrogen) atoms. The van der Waals surface area contributed by atoms with Gasteiger partial charge < -0.3 is 14.4 Å². The van der Waals surface area contributed by atoms with Gasteiger partial charge in [0, 0.05) is 11.4 Å². The van der Waals surface area contributed by atoms with Crippen molar-refractivity contribution in [2.24, 2.45) is 0 Å². The second kappa shape index (κ2) is 14.1. The highest BCUT2D eigenvalue weighted by molar-refractivity contribution is 7.53. The van der Waals surface area contributed by atoms with Gasteiger partial charge in [0.15, 0.2) is 6.35 Å². The Morgan fingerprint density at radius 3 is 2.42 bits per heavy atom. The molecule has 1 aliphatic rings. The van der Waals surface area contributed by atoms with Crippen molar-refractivity contribution < 1.29 is 27.8 Å². The van der Waals surface area contributed by atoms with E-state index in [9.17, 15) is 14.1 Å². The smallest absolute Gasteiger partial charge is 0.368 e. The summed E-state index contributed by atoms with van der Waals surface area (Å²) in [5.74, 6) is 0.532. The van der Waals surface area contributed by atoms with E-state index in [4.69, 9.17) is 25.4 Å². The van der Waals surface area contributed by atoms with Gasteiger partial charge in [0.25, 0.3) is 0 Å². The first-order valence-corrected chi connectivity index (χ1v) is 16.7. The van der Waals surface area contributed by atoms with Crippen LogP contribution >= 0.6 is 19.2 Å². The molecule has 1 saturated heterocycles. The van der Waals surface area contributed by atoms with E-state index in [-0.39, 0.29) is 17.9 Å². The molecule has 1 aliphatic heterocycles. The van der Waals surface area contributed by atoms with Gasteiger partial charge in [-0.1, -0.05) is 60.8 Å². The summed E-state index contributed by atoms with van der Waals surface area (Å²) in [6, 6.07) is 23.3. The predicted molar refractivity (Wildman–Crippen MR) is 169 cm³/mol. The van der Waals surface area contributed by atoms with Crippen LogP contribution in [0, 0.1) is 19.7 Å². The van der Waals surface area contributed by atoms with E-state index in [0.29, 0.717) is 30.2 Å². The lowest BCUT2D eigenvalue weighted by Crippen LogP contribution is -2.10. The lowest BCUT2D eigenvalue weighted by Gasteiger charge is -2.24. The summed E-state index contributed by atoms with van der Waals surface area (Å²) in [6.07, 6.45) is 4.04. The van der Waals surface area contributed by atoms with E-state index in [1.165, 1.54) is 12.1 Å². The highest BCUT2D eigenvalue weighted by Gasteiger charge is 2.32. The van der Waals surface area contributed by atoms with Crippen molar-refractivity contribution in [3.8, 4) is 11.5 Å². The second-order valence-corrected chi connectivity index (χ2v) is 13.6.